The number of piperazine rings is 1. The number of nitrogens with zero attached hydrogens (tertiary/aromatic N) is 3. The first-order chi connectivity index (χ1) is 18.2. The minimum atomic E-state index is -0.313. The van der Waals surface area contributed by atoms with E-state index in [9.17, 15) is 4.79 Å². The van der Waals surface area contributed by atoms with E-state index >= 15 is 0 Å². The van der Waals surface area contributed by atoms with E-state index in [0.29, 0.717) is 6.54 Å². The standard InChI is InChI=1S/C29H32N4O3S/c1-35-23-13-14-24(36-2)27-26(23)31-29(37-27)33-19-17-32(18-20-33)16-15-30-28(34)25(21-9-5-3-6-10-21)22-11-7-4-8-12-22/h3-14,25H,15-20H2,1-2H3,(H,30,34). The molecule has 1 aliphatic heterocycles. The Kier molecular flexibility index (Phi) is 7.87. The smallest absolute Gasteiger partial charge is 0.232 e. The summed E-state index contributed by atoms with van der Waals surface area (Å²) in [6.45, 7) is 5.04. The number of carbonyl (C=O) groups excluding carboxylic acids is 1. The molecule has 1 aliphatic rings. The van der Waals surface area contributed by atoms with Crippen LogP contribution in [0.3, 0.4) is 0 Å². The van der Waals surface area contributed by atoms with Crippen LogP contribution in [0.1, 0.15) is 17.0 Å². The highest BCUT2D eigenvalue weighted by Gasteiger charge is 2.24. The van der Waals surface area contributed by atoms with E-state index in [-0.39, 0.29) is 11.8 Å². The number of ether oxygens (including phenoxy) is 2. The van der Waals surface area contributed by atoms with Gasteiger partial charge in [0.1, 0.15) is 21.7 Å². The maximum absolute atomic E-state index is 13.2. The summed E-state index contributed by atoms with van der Waals surface area (Å²) in [6.07, 6.45) is 0. The molecule has 1 N–H and O–H groups in total. The number of fused-ring (bicyclic) bond motifs is 1. The molecule has 0 spiro atoms. The van der Waals surface area contributed by atoms with E-state index in [1.807, 2.05) is 72.8 Å². The Labute approximate surface area is 221 Å². The Morgan fingerprint density at radius 3 is 2.08 bits per heavy atom. The molecule has 0 saturated carbocycles. The van der Waals surface area contributed by atoms with Crippen molar-refractivity contribution in [2.75, 3.05) is 58.4 Å². The van der Waals surface area contributed by atoms with Crippen molar-refractivity contribution in [3.63, 3.8) is 0 Å². The molecule has 8 heteroatoms. The molecule has 0 bridgehead atoms. The molecule has 5 rings (SSSR count). The monoisotopic (exact) mass is 516 g/mol. The third-order valence-electron chi connectivity index (χ3n) is 6.80. The Bertz CT molecular complexity index is 1240. The average molecular weight is 517 g/mol. The molecule has 1 saturated heterocycles. The third kappa shape index (κ3) is 5.55. The second kappa shape index (κ2) is 11.6. The van der Waals surface area contributed by atoms with Crippen LogP contribution in [0.5, 0.6) is 11.5 Å². The van der Waals surface area contributed by atoms with Crippen molar-refractivity contribution in [1.82, 2.24) is 15.2 Å². The Morgan fingerprint density at radius 2 is 1.49 bits per heavy atom. The minimum absolute atomic E-state index is 0.0356. The third-order valence-corrected chi connectivity index (χ3v) is 7.93. The fourth-order valence-corrected chi connectivity index (χ4v) is 5.92. The van der Waals surface area contributed by atoms with Crippen molar-refractivity contribution in [3.8, 4) is 11.5 Å². The Balaban J connectivity index is 1.17. The normalized spacial score (nSPS) is 14.2. The maximum atomic E-state index is 13.2. The molecular formula is C29H32N4O3S. The lowest BCUT2D eigenvalue weighted by Crippen LogP contribution is -2.48. The summed E-state index contributed by atoms with van der Waals surface area (Å²) >= 11 is 1.64. The lowest BCUT2D eigenvalue weighted by atomic mass is 9.90. The number of anilines is 1. The van der Waals surface area contributed by atoms with Crippen LogP contribution in [-0.4, -0.2) is 69.3 Å². The van der Waals surface area contributed by atoms with Crippen molar-refractivity contribution in [3.05, 3.63) is 83.9 Å². The van der Waals surface area contributed by atoms with Gasteiger partial charge in [0.25, 0.3) is 0 Å². The summed E-state index contributed by atoms with van der Waals surface area (Å²) < 4.78 is 12.1. The van der Waals surface area contributed by atoms with Crippen LogP contribution in [0.4, 0.5) is 5.13 Å². The number of benzene rings is 3. The summed E-state index contributed by atoms with van der Waals surface area (Å²) in [5.74, 6) is 1.30. The quantitative estimate of drug-likeness (QED) is 0.356. The number of amides is 1. The molecule has 2 heterocycles. The van der Waals surface area contributed by atoms with Crippen molar-refractivity contribution in [2.24, 2.45) is 0 Å². The van der Waals surface area contributed by atoms with E-state index < -0.39 is 0 Å². The second-order valence-electron chi connectivity index (χ2n) is 9.02. The number of carbonyl (C=O) groups is 1. The van der Waals surface area contributed by atoms with Gasteiger partial charge in [0, 0.05) is 39.3 Å². The zero-order valence-corrected chi connectivity index (χ0v) is 22.0. The SMILES string of the molecule is COc1ccc(OC)c2sc(N3CCN(CCNC(=O)C(c4ccccc4)c4ccccc4)CC3)nc12. The minimum Gasteiger partial charge on any atom is -0.495 e. The molecule has 3 aromatic carbocycles. The summed E-state index contributed by atoms with van der Waals surface area (Å²) in [5, 5.41) is 4.17. The van der Waals surface area contributed by atoms with E-state index in [2.05, 4.69) is 15.1 Å². The van der Waals surface area contributed by atoms with Gasteiger partial charge < -0.3 is 19.7 Å². The number of hydrogen-bond donors (Lipinski definition) is 1. The van der Waals surface area contributed by atoms with Crippen molar-refractivity contribution >= 4 is 32.6 Å². The highest BCUT2D eigenvalue weighted by Crippen LogP contribution is 2.40. The molecule has 37 heavy (non-hydrogen) atoms. The van der Waals surface area contributed by atoms with Crippen molar-refractivity contribution < 1.29 is 14.3 Å². The van der Waals surface area contributed by atoms with Crippen LogP contribution in [0.2, 0.25) is 0 Å². The molecule has 192 valence electrons. The second-order valence-corrected chi connectivity index (χ2v) is 10.00. The van der Waals surface area contributed by atoms with Gasteiger partial charge in [0.15, 0.2) is 5.13 Å². The van der Waals surface area contributed by atoms with Crippen LogP contribution >= 0.6 is 11.3 Å². The molecular weight excluding hydrogens is 484 g/mol. The molecule has 0 radical (unpaired) electrons. The summed E-state index contributed by atoms with van der Waals surface area (Å²) in [5.41, 5.74) is 2.85. The van der Waals surface area contributed by atoms with E-state index in [0.717, 1.165) is 70.7 Å². The largest absolute Gasteiger partial charge is 0.495 e. The highest BCUT2D eigenvalue weighted by atomic mass is 32.1. The number of rotatable bonds is 9. The first-order valence-electron chi connectivity index (χ1n) is 12.5. The fourth-order valence-electron chi connectivity index (χ4n) is 4.80. The van der Waals surface area contributed by atoms with Crippen LogP contribution in [-0.2, 0) is 4.79 Å². The van der Waals surface area contributed by atoms with E-state index in [1.165, 1.54) is 0 Å². The van der Waals surface area contributed by atoms with Gasteiger partial charge in [-0.25, -0.2) is 4.98 Å². The molecule has 0 aliphatic carbocycles. The first-order valence-corrected chi connectivity index (χ1v) is 13.4. The zero-order valence-electron chi connectivity index (χ0n) is 21.2. The Hall–Kier alpha value is -3.62. The fraction of sp³-hybridized carbons (Fsp3) is 0.310. The average Bonchev–Trinajstić information content (AvgIpc) is 3.40. The van der Waals surface area contributed by atoms with Crippen LogP contribution in [0.25, 0.3) is 10.2 Å². The lowest BCUT2D eigenvalue weighted by Gasteiger charge is -2.34. The molecule has 0 unspecified atom stereocenters. The predicted octanol–water partition coefficient (Wildman–Crippen LogP) is 4.38. The van der Waals surface area contributed by atoms with Crippen molar-refractivity contribution in [1.29, 1.82) is 0 Å². The van der Waals surface area contributed by atoms with Gasteiger partial charge in [-0.1, -0.05) is 72.0 Å². The van der Waals surface area contributed by atoms with Crippen LogP contribution in [0.15, 0.2) is 72.8 Å². The predicted molar refractivity (Wildman–Crippen MR) is 149 cm³/mol. The van der Waals surface area contributed by atoms with Gasteiger partial charge in [-0.2, -0.15) is 0 Å². The van der Waals surface area contributed by atoms with Gasteiger partial charge >= 0.3 is 0 Å². The highest BCUT2D eigenvalue weighted by molar-refractivity contribution is 7.22. The molecule has 1 aromatic heterocycles. The number of aromatic nitrogens is 1. The van der Waals surface area contributed by atoms with Gasteiger partial charge in [-0.3, -0.25) is 9.69 Å². The van der Waals surface area contributed by atoms with E-state index in [1.54, 1.807) is 25.6 Å². The van der Waals surface area contributed by atoms with Gasteiger partial charge in [-0.15, -0.1) is 0 Å². The summed E-state index contributed by atoms with van der Waals surface area (Å²) in [6, 6.07) is 23.8. The van der Waals surface area contributed by atoms with Crippen LogP contribution in [0, 0.1) is 0 Å². The van der Waals surface area contributed by atoms with Gasteiger partial charge in [0.05, 0.1) is 20.1 Å². The zero-order chi connectivity index (χ0) is 25.6. The number of thiazole rings is 1. The summed E-state index contributed by atoms with van der Waals surface area (Å²) in [4.78, 5) is 22.8. The van der Waals surface area contributed by atoms with Crippen molar-refractivity contribution in [2.45, 2.75) is 5.92 Å². The molecule has 7 nitrogen and oxygen atoms in total. The lowest BCUT2D eigenvalue weighted by molar-refractivity contribution is -0.121. The Morgan fingerprint density at radius 1 is 0.892 bits per heavy atom. The number of methoxy groups -OCH3 is 2. The van der Waals surface area contributed by atoms with Gasteiger partial charge in [-0.05, 0) is 23.3 Å². The maximum Gasteiger partial charge on any atom is 0.232 e. The van der Waals surface area contributed by atoms with Gasteiger partial charge in [0.2, 0.25) is 5.91 Å². The number of nitrogens with one attached hydrogen (secondary N) is 1. The van der Waals surface area contributed by atoms with Crippen LogP contribution < -0.4 is 19.7 Å². The molecule has 4 aromatic rings. The molecule has 1 fully saturated rings. The summed E-state index contributed by atoms with van der Waals surface area (Å²) in [7, 11) is 3.35. The van der Waals surface area contributed by atoms with E-state index in [4.69, 9.17) is 14.5 Å². The topological polar surface area (TPSA) is 66.9 Å². The molecule has 1 amide bonds. The molecule has 0 atom stereocenters. The number of hydrogen-bond acceptors (Lipinski definition) is 7. The first kappa shape index (κ1) is 25.0.